The molecule has 2 aromatic carbocycles. The normalized spacial score (nSPS) is 12.1. The average Bonchev–Trinajstić information content (AvgIpc) is 3.42. The summed E-state index contributed by atoms with van der Waals surface area (Å²) in [6.45, 7) is 2.30. The van der Waals surface area contributed by atoms with Crippen molar-refractivity contribution >= 4 is 23.3 Å². The topological polar surface area (TPSA) is 69.0 Å². The number of amides is 1. The Morgan fingerprint density at radius 3 is 2.85 bits per heavy atom. The molecular formula is C25H23FN4O2S. The van der Waals surface area contributed by atoms with Crippen LogP contribution in [0.1, 0.15) is 33.7 Å². The number of carbonyl (C=O) groups excluding carboxylic acids is 1. The zero-order chi connectivity index (χ0) is 23.2. The van der Waals surface area contributed by atoms with Crippen LogP contribution in [0.25, 0.3) is 6.08 Å². The molecule has 33 heavy (non-hydrogen) atoms. The molecule has 2 aromatic heterocycles. The number of hydrogen-bond donors (Lipinski definition) is 1. The van der Waals surface area contributed by atoms with E-state index in [2.05, 4.69) is 15.3 Å². The largest absolute Gasteiger partial charge is 0.487 e. The molecule has 8 heteroatoms. The number of aryl methyl sites for hydroxylation is 2. The van der Waals surface area contributed by atoms with Crippen molar-refractivity contribution in [2.75, 3.05) is 0 Å². The Balaban J connectivity index is 1.50. The van der Waals surface area contributed by atoms with Gasteiger partial charge in [-0.2, -0.15) is 0 Å². The minimum Gasteiger partial charge on any atom is -0.487 e. The highest BCUT2D eigenvalue weighted by molar-refractivity contribution is 7.09. The number of para-hydroxylation sites is 1. The molecule has 168 valence electrons. The lowest BCUT2D eigenvalue weighted by molar-refractivity contribution is -0.117. The summed E-state index contributed by atoms with van der Waals surface area (Å²) in [7, 11) is 1.83. The van der Waals surface area contributed by atoms with Gasteiger partial charge in [-0.25, -0.2) is 14.4 Å². The summed E-state index contributed by atoms with van der Waals surface area (Å²) >= 11 is 1.57. The highest BCUT2D eigenvalue weighted by Crippen LogP contribution is 2.23. The first-order valence-corrected chi connectivity index (χ1v) is 11.2. The van der Waals surface area contributed by atoms with Gasteiger partial charge in [0.05, 0.1) is 10.7 Å². The van der Waals surface area contributed by atoms with Crippen molar-refractivity contribution in [2.24, 2.45) is 7.05 Å². The maximum absolute atomic E-state index is 13.8. The van der Waals surface area contributed by atoms with Gasteiger partial charge in [0, 0.05) is 36.5 Å². The van der Waals surface area contributed by atoms with Crippen LogP contribution in [0.3, 0.4) is 0 Å². The Hall–Kier alpha value is -3.78. The number of carbonyl (C=O) groups is 1. The summed E-state index contributed by atoms with van der Waals surface area (Å²) in [5.41, 5.74) is 2.23. The molecule has 4 aromatic rings. The third-order valence-corrected chi connectivity index (χ3v) is 5.78. The fraction of sp³-hybridized carbons (Fsp3) is 0.160. The number of rotatable bonds is 8. The lowest BCUT2D eigenvalue weighted by Crippen LogP contribution is -2.29. The molecule has 1 atom stereocenters. The van der Waals surface area contributed by atoms with Gasteiger partial charge in [-0.05, 0) is 36.8 Å². The third kappa shape index (κ3) is 5.72. The number of aromatic nitrogens is 3. The van der Waals surface area contributed by atoms with Crippen LogP contribution in [-0.4, -0.2) is 20.4 Å². The number of halogens is 1. The second-order valence-electron chi connectivity index (χ2n) is 7.41. The first-order chi connectivity index (χ1) is 16.0. The highest BCUT2D eigenvalue weighted by Gasteiger charge is 2.20. The molecule has 4 rings (SSSR count). The molecule has 0 spiro atoms. The van der Waals surface area contributed by atoms with Crippen molar-refractivity contribution in [3.05, 3.63) is 106 Å². The average molecular weight is 463 g/mol. The number of nitrogens with zero attached hydrogens (tertiary/aromatic N) is 3. The van der Waals surface area contributed by atoms with Gasteiger partial charge in [-0.1, -0.05) is 30.3 Å². The van der Waals surface area contributed by atoms with E-state index in [-0.39, 0.29) is 11.7 Å². The maximum Gasteiger partial charge on any atom is 0.244 e. The molecule has 2 heterocycles. The van der Waals surface area contributed by atoms with Gasteiger partial charge in [-0.15, -0.1) is 11.3 Å². The molecule has 1 unspecified atom stereocenters. The Morgan fingerprint density at radius 1 is 1.27 bits per heavy atom. The van der Waals surface area contributed by atoms with Crippen LogP contribution in [0.4, 0.5) is 4.39 Å². The predicted octanol–water partition coefficient (Wildman–Crippen LogP) is 4.82. The number of thiazole rings is 1. The van der Waals surface area contributed by atoms with Crippen molar-refractivity contribution in [3.63, 3.8) is 0 Å². The highest BCUT2D eigenvalue weighted by atomic mass is 32.1. The predicted molar refractivity (Wildman–Crippen MR) is 126 cm³/mol. The zero-order valence-electron chi connectivity index (χ0n) is 18.2. The molecule has 0 bridgehead atoms. The van der Waals surface area contributed by atoms with Gasteiger partial charge in [-0.3, -0.25) is 4.79 Å². The van der Waals surface area contributed by atoms with Crippen molar-refractivity contribution < 1.29 is 13.9 Å². The molecule has 0 aliphatic rings. The van der Waals surface area contributed by atoms with E-state index in [1.807, 2.05) is 43.6 Å². The van der Waals surface area contributed by atoms with Crippen molar-refractivity contribution in [1.29, 1.82) is 0 Å². The molecular weight excluding hydrogens is 439 g/mol. The summed E-state index contributed by atoms with van der Waals surface area (Å²) in [6, 6.07) is 13.0. The molecule has 0 saturated heterocycles. The van der Waals surface area contributed by atoms with E-state index in [0.717, 1.165) is 16.3 Å². The Labute approximate surface area is 195 Å². The number of benzene rings is 2. The molecule has 0 fully saturated rings. The van der Waals surface area contributed by atoms with Gasteiger partial charge in [0.1, 0.15) is 30.0 Å². The quantitative estimate of drug-likeness (QED) is 0.381. The van der Waals surface area contributed by atoms with Crippen LogP contribution in [0.2, 0.25) is 0 Å². The van der Waals surface area contributed by atoms with E-state index in [1.54, 1.807) is 46.5 Å². The van der Waals surface area contributed by atoms with Crippen LogP contribution in [0.15, 0.2) is 72.4 Å². The standard InChI is InChI=1S/C25H23FN4O2S/c1-17-28-21(16-33-17)15-32-22-9-4-3-6-18(22)10-11-23(31)29-24(25-27-12-13-30(25)2)19-7-5-8-20(26)14-19/h3-14,16,24H,15H2,1-2H3,(H,29,31)/b11-10+. The maximum atomic E-state index is 13.8. The molecule has 0 saturated carbocycles. The van der Waals surface area contributed by atoms with Crippen molar-refractivity contribution in [1.82, 2.24) is 19.9 Å². The van der Waals surface area contributed by atoms with Crippen molar-refractivity contribution in [2.45, 2.75) is 19.6 Å². The smallest absolute Gasteiger partial charge is 0.244 e. The molecule has 0 radical (unpaired) electrons. The van der Waals surface area contributed by atoms with E-state index >= 15 is 0 Å². The van der Waals surface area contributed by atoms with Gasteiger partial charge in [0.25, 0.3) is 0 Å². The van der Waals surface area contributed by atoms with E-state index in [0.29, 0.717) is 23.7 Å². The second-order valence-corrected chi connectivity index (χ2v) is 8.47. The van der Waals surface area contributed by atoms with E-state index in [9.17, 15) is 9.18 Å². The summed E-state index contributed by atoms with van der Waals surface area (Å²) in [5, 5.41) is 5.88. The third-order valence-electron chi connectivity index (χ3n) is 4.96. The van der Waals surface area contributed by atoms with Crippen LogP contribution in [0.5, 0.6) is 5.75 Å². The Kier molecular flexibility index (Phi) is 6.95. The number of hydrogen-bond acceptors (Lipinski definition) is 5. The van der Waals surface area contributed by atoms with Crippen LogP contribution in [0, 0.1) is 12.7 Å². The first kappa shape index (κ1) is 22.4. The fourth-order valence-corrected chi connectivity index (χ4v) is 3.97. The second kappa shape index (κ2) is 10.2. The van der Waals surface area contributed by atoms with Crippen LogP contribution in [-0.2, 0) is 18.4 Å². The summed E-state index contributed by atoms with van der Waals surface area (Å²) in [5.74, 6) is 0.540. The number of nitrogens with one attached hydrogen (secondary N) is 1. The lowest BCUT2D eigenvalue weighted by atomic mass is 10.1. The monoisotopic (exact) mass is 462 g/mol. The summed E-state index contributed by atoms with van der Waals surface area (Å²) in [6.07, 6.45) is 6.55. The molecule has 1 N–H and O–H groups in total. The van der Waals surface area contributed by atoms with Crippen LogP contribution >= 0.6 is 11.3 Å². The number of imidazole rings is 1. The Morgan fingerprint density at radius 2 is 2.12 bits per heavy atom. The van der Waals surface area contributed by atoms with E-state index in [4.69, 9.17) is 4.74 Å². The fourth-order valence-electron chi connectivity index (χ4n) is 3.37. The molecule has 6 nitrogen and oxygen atoms in total. The molecule has 1 amide bonds. The lowest BCUT2D eigenvalue weighted by Gasteiger charge is -2.18. The molecule has 0 aliphatic heterocycles. The van der Waals surface area contributed by atoms with E-state index in [1.165, 1.54) is 18.2 Å². The van der Waals surface area contributed by atoms with Crippen molar-refractivity contribution in [3.8, 4) is 5.75 Å². The van der Waals surface area contributed by atoms with Crippen LogP contribution < -0.4 is 10.1 Å². The first-order valence-electron chi connectivity index (χ1n) is 10.3. The van der Waals surface area contributed by atoms with Gasteiger partial charge in [0.15, 0.2) is 0 Å². The summed E-state index contributed by atoms with van der Waals surface area (Å²) in [4.78, 5) is 21.6. The van der Waals surface area contributed by atoms with Gasteiger partial charge >= 0.3 is 0 Å². The zero-order valence-corrected chi connectivity index (χ0v) is 19.1. The van der Waals surface area contributed by atoms with Gasteiger partial charge < -0.3 is 14.6 Å². The summed E-state index contributed by atoms with van der Waals surface area (Å²) < 4.78 is 21.6. The van der Waals surface area contributed by atoms with Gasteiger partial charge in [0.2, 0.25) is 5.91 Å². The Bertz CT molecular complexity index is 1280. The number of ether oxygens (including phenoxy) is 1. The van der Waals surface area contributed by atoms with E-state index < -0.39 is 6.04 Å². The minimum absolute atomic E-state index is 0.336. The minimum atomic E-state index is -0.600. The SMILES string of the molecule is Cc1nc(COc2ccccc2/C=C/C(=O)NC(c2cccc(F)c2)c2nccn2C)cs1. The molecule has 0 aliphatic carbocycles.